The van der Waals surface area contributed by atoms with Crippen LogP contribution in [0.3, 0.4) is 0 Å². The van der Waals surface area contributed by atoms with Crippen LogP contribution >= 0.6 is 0 Å². The summed E-state index contributed by atoms with van der Waals surface area (Å²) < 4.78 is 2.31. The second-order valence-corrected chi connectivity index (χ2v) is 6.74. The number of likely N-dealkylation sites (N-methyl/N-ethyl adjacent to an activating group) is 1. The van der Waals surface area contributed by atoms with Crippen LogP contribution in [0, 0.1) is 0 Å². The van der Waals surface area contributed by atoms with E-state index in [-0.39, 0.29) is 5.54 Å². The first-order valence-electron chi connectivity index (χ1n) is 8.29. The van der Waals surface area contributed by atoms with Crippen LogP contribution in [0.25, 0.3) is 0 Å². The molecule has 1 aromatic heterocycles. The number of rotatable bonds is 3. The molecule has 4 heteroatoms. The zero-order chi connectivity index (χ0) is 14.7. The Kier molecular flexibility index (Phi) is 4.34. The van der Waals surface area contributed by atoms with Gasteiger partial charge >= 0.3 is 0 Å². The summed E-state index contributed by atoms with van der Waals surface area (Å²) in [6, 6.07) is 4.16. The maximum absolute atomic E-state index is 12.8. The molecule has 0 atom stereocenters. The van der Waals surface area contributed by atoms with E-state index in [1.807, 2.05) is 0 Å². The van der Waals surface area contributed by atoms with Gasteiger partial charge in [0, 0.05) is 38.6 Å². The first-order chi connectivity index (χ1) is 10.2. The number of aromatic nitrogens is 1. The molecule has 1 amide bonds. The van der Waals surface area contributed by atoms with Crippen molar-refractivity contribution in [1.82, 2.24) is 14.4 Å². The Labute approximate surface area is 127 Å². The molecule has 1 aliphatic heterocycles. The van der Waals surface area contributed by atoms with Crippen molar-refractivity contribution >= 4 is 5.91 Å². The van der Waals surface area contributed by atoms with Crippen molar-refractivity contribution in [1.29, 1.82) is 0 Å². The van der Waals surface area contributed by atoms with E-state index in [1.165, 1.54) is 19.3 Å². The largest absolute Gasteiger partial charge is 0.348 e. The molecule has 116 valence electrons. The van der Waals surface area contributed by atoms with Gasteiger partial charge in [0.2, 0.25) is 5.91 Å². The SMILES string of the molecule is CN1CCN(C(=O)CC2(n3cccc3)CCCCC2)CC1. The van der Waals surface area contributed by atoms with Gasteiger partial charge in [-0.15, -0.1) is 0 Å². The molecular weight excluding hydrogens is 262 g/mol. The maximum Gasteiger partial charge on any atom is 0.225 e. The van der Waals surface area contributed by atoms with Gasteiger partial charge in [0.25, 0.3) is 0 Å². The molecule has 1 saturated carbocycles. The molecule has 0 radical (unpaired) electrons. The van der Waals surface area contributed by atoms with Crippen molar-refractivity contribution in [2.75, 3.05) is 33.2 Å². The van der Waals surface area contributed by atoms with Crippen LogP contribution < -0.4 is 0 Å². The van der Waals surface area contributed by atoms with Gasteiger partial charge in [-0.25, -0.2) is 0 Å². The Morgan fingerprint density at radius 2 is 1.62 bits per heavy atom. The molecule has 0 unspecified atom stereocenters. The zero-order valence-corrected chi connectivity index (χ0v) is 13.1. The molecular formula is C17H27N3O. The lowest BCUT2D eigenvalue weighted by atomic mass is 9.78. The highest BCUT2D eigenvalue weighted by molar-refractivity contribution is 5.77. The number of carbonyl (C=O) groups is 1. The summed E-state index contributed by atoms with van der Waals surface area (Å²) in [6.45, 7) is 3.78. The van der Waals surface area contributed by atoms with Crippen LogP contribution in [0.1, 0.15) is 38.5 Å². The molecule has 0 N–H and O–H groups in total. The predicted octanol–water partition coefficient (Wildman–Crippen LogP) is 2.31. The van der Waals surface area contributed by atoms with Crippen LogP contribution in [0.4, 0.5) is 0 Å². The van der Waals surface area contributed by atoms with Gasteiger partial charge in [-0.05, 0) is 32.0 Å². The van der Waals surface area contributed by atoms with Crippen LogP contribution in [0.15, 0.2) is 24.5 Å². The lowest BCUT2D eigenvalue weighted by molar-refractivity contribution is -0.135. The minimum absolute atomic E-state index is 0.0299. The van der Waals surface area contributed by atoms with Crippen molar-refractivity contribution < 1.29 is 4.79 Å². The maximum atomic E-state index is 12.8. The highest BCUT2D eigenvalue weighted by Gasteiger charge is 2.37. The average Bonchev–Trinajstić information content (AvgIpc) is 3.04. The summed E-state index contributed by atoms with van der Waals surface area (Å²) in [4.78, 5) is 17.1. The van der Waals surface area contributed by atoms with Gasteiger partial charge < -0.3 is 14.4 Å². The number of nitrogens with zero attached hydrogens (tertiary/aromatic N) is 3. The molecule has 0 aromatic carbocycles. The summed E-state index contributed by atoms with van der Waals surface area (Å²) in [5.74, 6) is 0.346. The Morgan fingerprint density at radius 1 is 1.00 bits per heavy atom. The first kappa shape index (κ1) is 14.6. The molecule has 1 saturated heterocycles. The molecule has 21 heavy (non-hydrogen) atoms. The van der Waals surface area contributed by atoms with Crippen LogP contribution in [-0.4, -0.2) is 53.5 Å². The molecule has 4 nitrogen and oxygen atoms in total. The topological polar surface area (TPSA) is 28.5 Å². The Balaban J connectivity index is 1.71. The van der Waals surface area contributed by atoms with Gasteiger partial charge in [-0.1, -0.05) is 19.3 Å². The average molecular weight is 289 g/mol. The van der Waals surface area contributed by atoms with E-state index in [4.69, 9.17) is 0 Å². The molecule has 2 heterocycles. The smallest absolute Gasteiger partial charge is 0.225 e. The van der Waals surface area contributed by atoms with Gasteiger partial charge in [-0.3, -0.25) is 4.79 Å². The molecule has 2 fully saturated rings. The third-order valence-corrected chi connectivity index (χ3v) is 5.27. The van der Waals surface area contributed by atoms with E-state index < -0.39 is 0 Å². The highest BCUT2D eigenvalue weighted by atomic mass is 16.2. The van der Waals surface area contributed by atoms with Crippen molar-refractivity contribution in [3.63, 3.8) is 0 Å². The normalized spacial score (nSPS) is 23.2. The number of amides is 1. The molecule has 0 bridgehead atoms. The summed E-state index contributed by atoms with van der Waals surface area (Å²) in [5, 5.41) is 0. The fraction of sp³-hybridized carbons (Fsp3) is 0.706. The fourth-order valence-electron chi connectivity index (χ4n) is 3.84. The molecule has 1 aliphatic carbocycles. The number of piperazine rings is 1. The van der Waals surface area contributed by atoms with Gasteiger partial charge in [0.1, 0.15) is 0 Å². The molecule has 1 aromatic rings. The Hall–Kier alpha value is -1.29. The van der Waals surface area contributed by atoms with E-state index in [9.17, 15) is 4.79 Å². The first-order valence-corrected chi connectivity index (χ1v) is 8.29. The van der Waals surface area contributed by atoms with E-state index in [0.717, 1.165) is 39.0 Å². The van der Waals surface area contributed by atoms with Gasteiger partial charge in [-0.2, -0.15) is 0 Å². The van der Waals surface area contributed by atoms with Crippen LogP contribution in [0.5, 0.6) is 0 Å². The highest BCUT2D eigenvalue weighted by Crippen LogP contribution is 2.38. The fourth-order valence-corrected chi connectivity index (χ4v) is 3.84. The minimum atomic E-state index is 0.0299. The van der Waals surface area contributed by atoms with Crippen LogP contribution in [-0.2, 0) is 10.3 Å². The minimum Gasteiger partial charge on any atom is -0.348 e. The lowest BCUT2D eigenvalue weighted by Gasteiger charge is -2.41. The van der Waals surface area contributed by atoms with E-state index in [2.05, 4.69) is 45.9 Å². The zero-order valence-electron chi connectivity index (χ0n) is 13.1. The summed E-state index contributed by atoms with van der Waals surface area (Å²) in [5.41, 5.74) is 0.0299. The quantitative estimate of drug-likeness (QED) is 0.854. The third kappa shape index (κ3) is 3.15. The number of hydrogen-bond donors (Lipinski definition) is 0. The Bertz CT molecular complexity index is 454. The Morgan fingerprint density at radius 3 is 2.24 bits per heavy atom. The van der Waals surface area contributed by atoms with Gasteiger partial charge in [0.15, 0.2) is 0 Å². The van der Waals surface area contributed by atoms with Crippen molar-refractivity contribution in [2.24, 2.45) is 0 Å². The molecule has 3 rings (SSSR count). The van der Waals surface area contributed by atoms with Gasteiger partial charge in [0.05, 0.1) is 12.0 Å². The summed E-state index contributed by atoms with van der Waals surface area (Å²) in [6.07, 6.45) is 11.0. The van der Waals surface area contributed by atoms with E-state index in [1.54, 1.807) is 0 Å². The van der Waals surface area contributed by atoms with E-state index in [0.29, 0.717) is 12.3 Å². The summed E-state index contributed by atoms with van der Waals surface area (Å²) >= 11 is 0. The monoisotopic (exact) mass is 289 g/mol. The second kappa shape index (κ2) is 6.22. The number of carbonyl (C=O) groups excluding carboxylic acids is 1. The lowest BCUT2D eigenvalue weighted by Crippen LogP contribution is -2.49. The standard InChI is InChI=1S/C17H27N3O/c1-18-11-13-19(14-12-18)16(21)15-17(7-3-2-4-8-17)20-9-5-6-10-20/h5-6,9-10H,2-4,7-8,11-15H2,1H3. The summed E-state index contributed by atoms with van der Waals surface area (Å²) in [7, 11) is 2.13. The second-order valence-electron chi connectivity index (χ2n) is 6.74. The molecule has 0 spiro atoms. The van der Waals surface area contributed by atoms with Crippen molar-refractivity contribution in [3.05, 3.63) is 24.5 Å². The predicted molar refractivity (Wildman–Crippen MR) is 84.2 cm³/mol. The molecule has 2 aliphatic rings. The van der Waals surface area contributed by atoms with Crippen molar-refractivity contribution in [3.8, 4) is 0 Å². The van der Waals surface area contributed by atoms with E-state index >= 15 is 0 Å². The number of hydrogen-bond acceptors (Lipinski definition) is 2. The van der Waals surface area contributed by atoms with Crippen molar-refractivity contribution in [2.45, 2.75) is 44.1 Å². The third-order valence-electron chi connectivity index (χ3n) is 5.27. The van der Waals surface area contributed by atoms with Crippen LogP contribution in [0.2, 0.25) is 0 Å².